The van der Waals surface area contributed by atoms with Gasteiger partial charge in [-0.05, 0) is 5.56 Å². The second-order valence-corrected chi connectivity index (χ2v) is 2.22. The summed E-state index contributed by atoms with van der Waals surface area (Å²) < 4.78 is 0. The smallest absolute Gasteiger partial charge is 0.0519 e. The second-order valence-electron chi connectivity index (χ2n) is 2.22. The zero-order valence-corrected chi connectivity index (χ0v) is 12.6. The van der Waals surface area contributed by atoms with E-state index in [1.165, 1.54) is 0 Å². The Kier molecular flexibility index (Phi) is 11.0. The molecular weight excluding hydrogens is 397 g/mol. The van der Waals surface area contributed by atoms with Crippen molar-refractivity contribution in [3.05, 3.63) is 42.8 Å². The number of hydrogen-bond donors (Lipinski definition) is 1. The predicted molar refractivity (Wildman–Crippen MR) is 41.4 cm³/mol. The maximum atomic E-state index is 9.27. The summed E-state index contributed by atoms with van der Waals surface area (Å²) in [6, 6.07) is 9.55. The quantitative estimate of drug-likeness (QED) is 0.743. The third-order valence-electron chi connectivity index (χ3n) is 1.46. The van der Waals surface area contributed by atoms with Crippen LogP contribution in [0.3, 0.4) is 0 Å². The van der Waals surface area contributed by atoms with Crippen molar-refractivity contribution in [1.82, 2.24) is 0 Å². The molecule has 1 nitrogen and oxygen atoms in total. The Morgan fingerprint density at radius 2 is 1.75 bits per heavy atom. The van der Waals surface area contributed by atoms with Crippen molar-refractivity contribution in [1.29, 1.82) is 0 Å². The standard InChI is InChI=1S/C9H11O.W.Y/c1-2-9(10)8-6-4-3-5-7-8;;/h3-7,9-10H,1-2H2;;/q-1;;. The molecule has 1 rings (SSSR count). The first-order chi connectivity index (χ1) is 4.84. The van der Waals surface area contributed by atoms with Crippen LogP contribution in [-0.2, 0) is 53.8 Å². The molecule has 0 aliphatic carbocycles. The van der Waals surface area contributed by atoms with Crippen molar-refractivity contribution in [2.45, 2.75) is 12.5 Å². The van der Waals surface area contributed by atoms with E-state index in [4.69, 9.17) is 0 Å². The number of aliphatic hydroxyl groups excluding tert-OH is 1. The third kappa shape index (κ3) is 4.87. The minimum atomic E-state index is -0.402. The minimum absolute atomic E-state index is 0. The molecule has 0 bridgehead atoms. The Morgan fingerprint density at radius 1 is 1.25 bits per heavy atom. The van der Waals surface area contributed by atoms with E-state index in [0.29, 0.717) is 6.42 Å². The van der Waals surface area contributed by atoms with Crippen LogP contribution in [0.4, 0.5) is 0 Å². The first-order valence-corrected chi connectivity index (χ1v) is 3.37. The first kappa shape index (κ1) is 15.4. The molecule has 1 N–H and O–H groups in total. The summed E-state index contributed by atoms with van der Waals surface area (Å²) in [7, 11) is 0. The summed E-state index contributed by atoms with van der Waals surface area (Å²) in [6.07, 6.45) is 0.130. The Morgan fingerprint density at radius 3 is 2.17 bits per heavy atom. The number of aliphatic hydroxyl groups is 1. The zero-order valence-electron chi connectivity index (χ0n) is 6.81. The molecule has 1 aromatic carbocycles. The van der Waals surface area contributed by atoms with Crippen molar-refractivity contribution in [2.24, 2.45) is 0 Å². The molecule has 0 fully saturated rings. The van der Waals surface area contributed by atoms with Gasteiger partial charge in [-0.15, -0.1) is 0 Å². The van der Waals surface area contributed by atoms with E-state index >= 15 is 0 Å². The Hall–Kier alpha value is 0.972. The molecule has 63 valence electrons. The van der Waals surface area contributed by atoms with Crippen molar-refractivity contribution in [3.63, 3.8) is 0 Å². The molecule has 1 atom stereocenters. The molecule has 0 heterocycles. The zero-order chi connectivity index (χ0) is 7.40. The van der Waals surface area contributed by atoms with Crippen LogP contribution in [0.25, 0.3) is 0 Å². The van der Waals surface area contributed by atoms with E-state index in [1.54, 1.807) is 0 Å². The largest absolute Gasteiger partial charge is 0.391 e. The molecule has 0 aliphatic heterocycles. The van der Waals surface area contributed by atoms with Gasteiger partial charge in [-0.3, -0.25) is 0 Å². The molecule has 1 unspecified atom stereocenters. The summed E-state index contributed by atoms with van der Waals surface area (Å²) >= 11 is 0. The van der Waals surface area contributed by atoms with Crippen LogP contribution in [0.2, 0.25) is 0 Å². The van der Waals surface area contributed by atoms with Gasteiger partial charge in [0.05, 0.1) is 6.10 Å². The fourth-order valence-electron chi connectivity index (χ4n) is 0.842. The average Bonchev–Trinajstić information content (AvgIpc) is 2.05. The predicted octanol–water partition coefficient (Wildman–Crippen LogP) is 1.94. The van der Waals surface area contributed by atoms with E-state index in [0.717, 1.165) is 5.56 Å². The van der Waals surface area contributed by atoms with Gasteiger partial charge in [-0.2, -0.15) is 6.42 Å². The van der Waals surface area contributed by atoms with Gasteiger partial charge in [0.2, 0.25) is 0 Å². The molecule has 0 spiro atoms. The summed E-state index contributed by atoms with van der Waals surface area (Å²) in [6.45, 7) is 3.61. The Bertz CT molecular complexity index is 191. The maximum Gasteiger partial charge on any atom is 0.0519 e. The number of rotatable bonds is 2. The van der Waals surface area contributed by atoms with E-state index in [2.05, 4.69) is 6.92 Å². The molecule has 12 heavy (non-hydrogen) atoms. The molecule has 0 saturated carbocycles. The van der Waals surface area contributed by atoms with E-state index in [-0.39, 0.29) is 53.8 Å². The molecule has 3 heteroatoms. The van der Waals surface area contributed by atoms with Crippen molar-refractivity contribution in [2.75, 3.05) is 0 Å². The molecule has 0 amide bonds. The van der Waals surface area contributed by atoms with Gasteiger partial charge in [-0.1, -0.05) is 30.3 Å². The molecular formula is C9H11OWY-. The maximum absolute atomic E-state index is 9.27. The minimum Gasteiger partial charge on any atom is -0.391 e. The molecule has 0 aliphatic rings. The van der Waals surface area contributed by atoms with Crippen LogP contribution in [-0.4, -0.2) is 5.11 Å². The number of hydrogen-bond acceptors (Lipinski definition) is 1. The van der Waals surface area contributed by atoms with Gasteiger partial charge >= 0.3 is 0 Å². The number of benzene rings is 1. The first-order valence-electron chi connectivity index (χ1n) is 3.37. The fraction of sp³-hybridized carbons (Fsp3) is 0.222. The summed E-state index contributed by atoms with van der Waals surface area (Å²) in [4.78, 5) is 0. The normalized spacial score (nSPS) is 10.8. The van der Waals surface area contributed by atoms with Gasteiger partial charge in [0.1, 0.15) is 0 Å². The van der Waals surface area contributed by atoms with Crippen LogP contribution in [0.15, 0.2) is 30.3 Å². The van der Waals surface area contributed by atoms with E-state index in [9.17, 15) is 5.11 Å². The van der Waals surface area contributed by atoms with Crippen molar-refractivity contribution >= 4 is 0 Å². The van der Waals surface area contributed by atoms with E-state index < -0.39 is 6.10 Å². The Labute approximate surface area is 113 Å². The summed E-state index contributed by atoms with van der Waals surface area (Å²) in [5.41, 5.74) is 0.942. The topological polar surface area (TPSA) is 20.2 Å². The molecule has 1 radical (unpaired) electrons. The van der Waals surface area contributed by atoms with Gasteiger partial charge in [0.15, 0.2) is 0 Å². The second kappa shape index (κ2) is 8.57. The van der Waals surface area contributed by atoms with Crippen molar-refractivity contribution < 1.29 is 58.9 Å². The SMILES string of the molecule is [CH2-]CC(O)c1ccccc1.[W].[Y]. The fourth-order valence-corrected chi connectivity index (χ4v) is 0.842. The monoisotopic (exact) mass is 408 g/mol. The van der Waals surface area contributed by atoms with Gasteiger partial charge < -0.3 is 12.0 Å². The van der Waals surface area contributed by atoms with Gasteiger partial charge in [-0.25, -0.2) is 0 Å². The van der Waals surface area contributed by atoms with Crippen LogP contribution in [0.1, 0.15) is 18.1 Å². The molecule has 1 aromatic rings. The summed E-state index contributed by atoms with van der Waals surface area (Å²) in [5.74, 6) is 0. The van der Waals surface area contributed by atoms with Gasteiger partial charge in [0.25, 0.3) is 0 Å². The van der Waals surface area contributed by atoms with E-state index in [1.807, 2.05) is 30.3 Å². The van der Waals surface area contributed by atoms with Crippen molar-refractivity contribution in [3.8, 4) is 0 Å². The Balaban J connectivity index is 0. The summed E-state index contributed by atoms with van der Waals surface area (Å²) in [5, 5.41) is 9.27. The van der Waals surface area contributed by atoms with Gasteiger partial charge in [0, 0.05) is 53.8 Å². The molecule has 0 aromatic heterocycles. The van der Waals surface area contributed by atoms with Crippen LogP contribution in [0.5, 0.6) is 0 Å². The average molecular weight is 408 g/mol. The van der Waals surface area contributed by atoms with Crippen LogP contribution < -0.4 is 0 Å². The van der Waals surface area contributed by atoms with Crippen LogP contribution >= 0.6 is 0 Å². The molecule has 0 saturated heterocycles. The third-order valence-corrected chi connectivity index (χ3v) is 1.46. The van der Waals surface area contributed by atoms with Crippen LogP contribution in [0, 0.1) is 6.92 Å².